The molecule has 0 bridgehead atoms. The summed E-state index contributed by atoms with van der Waals surface area (Å²) in [4.78, 5) is 28.3. The number of hydrogen-bond acceptors (Lipinski definition) is 6. The zero-order valence-corrected chi connectivity index (χ0v) is 21.8. The average Bonchev–Trinajstić information content (AvgIpc) is 2.94. The quantitative estimate of drug-likeness (QED) is 0.623. The third kappa shape index (κ3) is 5.82. The lowest BCUT2D eigenvalue weighted by molar-refractivity contribution is -0.121. The molecule has 2 aromatic carbocycles. The van der Waals surface area contributed by atoms with Crippen molar-refractivity contribution in [1.29, 1.82) is 0 Å². The molecule has 0 aliphatic carbocycles. The first-order valence-corrected chi connectivity index (χ1v) is 14.0. The first-order chi connectivity index (χ1) is 16.7. The number of benzene rings is 2. The number of rotatable bonds is 6. The van der Waals surface area contributed by atoms with Crippen molar-refractivity contribution < 1.29 is 22.7 Å². The average molecular weight is 518 g/mol. The summed E-state index contributed by atoms with van der Waals surface area (Å²) in [6, 6.07) is 11.8. The van der Waals surface area contributed by atoms with E-state index in [2.05, 4.69) is 12.2 Å². The van der Waals surface area contributed by atoms with Crippen molar-refractivity contribution >= 4 is 45.0 Å². The summed E-state index contributed by atoms with van der Waals surface area (Å²) in [5.74, 6) is 0.591. The third-order valence-corrected chi connectivity index (χ3v) is 9.43. The summed E-state index contributed by atoms with van der Waals surface area (Å²) in [7, 11) is -2.13. The zero-order chi connectivity index (χ0) is 25.2. The number of anilines is 2. The minimum Gasteiger partial charge on any atom is -0.497 e. The Morgan fingerprint density at radius 2 is 1.80 bits per heavy atom. The van der Waals surface area contributed by atoms with Crippen molar-refractivity contribution in [2.75, 3.05) is 37.0 Å². The molecule has 188 valence electrons. The van der Waals surface area contributed by atoms with Gasteiger partial charge in [-0.25, -0.2) is 8.42 Å². The van der Waals surface area contributed by atoms with Crippen molar-refractivity contribution in [3.63, 3.8) is 0 Å². The standard InChI is InChI=1S/C25H31N3O5S2/c1-17-10-12-27(13-11-17)35(31,32)21-8-9-23-22(15-21)28(25(30)14-18(2)34-23)16-24(29)26-19-4-6-20(33-3)7-5-19/h4-9,15,17-18H,10-14,16H2,1-3H3,(H,26,29)/t18-/m0/s1. The number of carbonyl (C=O) groups is 2. The van der Waals surface area contributed by atoms with E-state index in [-0.39, 0.29) is 34.9 Å². The number of thioether (sulfide) groups is 1. The molecule has 8 nitrogen and oxygen atoms in total. The van der Waals surface area contributed by atoms with Gasteiger partial charge in [0, 0.05) is 35.3 Å². The summed E-state index contributed by atoms with van der Waals surface area (Å²) in [5, 5.41) is 2.80. The van der Waals surface area contributed by atoms with Gasteiger partial charge < -0.3 is 15.0 Å². The van der Waals surface area contributed by atoms with Crippen molar-refractivity contribution in [2.24, 2.45) is 5.92 Å². The molecule has 0 aromatic heterocycles. The molecule has 1 atom stereocenters. The van der Waals surface area contributed by atoms with Crippen LogP contribution in [0.3, 0.4) is 0 Å². The molecule has 1 fully saturated rings. The predicted octanol–water partition coefficient (Wildman–Crippen LogP) is 3.97. The molecular weight excluding hydrogens is 486 g/mol. The lowest BCUT2D eigenvalue weighted by atomic mass is 10.0. The molecule has 2 amide bonds. The van der Waals surface area contributed by atoms with Gasteiger partial charge in [0.2, 0.25) is 21.8 Å². The molecule has 2 aromatic rings. The van der Waals surface area contributed by atoms with Crippen molar-refractivity contribution in [3.8, 4) is 5.75 Å². The molecule has 1 N–H and O–H groups in total. The number of ether oxygens (including phenoxy) is 1. The molecular formula is C25H31N3O5S2. The molecule has 0 spiro atoms. The van der Waals surface area contributed by atoms with Gasteiger partial charge in [0.1, 0.15) is 12.3 Å². The molecule has 0 unspecified atom stereocenters. The highest BCUT2D eigenvalue weighted by molar-refractivity contribution is 8.00. The number of amides is 2. The van der Waals surface area contributed by atoms with E-state index in [1.807, 2.05) is 6.92 Å². The zero-order valence-electron chi connectivity index (χ0n) is 20.2. The van der Waals surface area contributed by atoms with Crippen LogP contribution in [-0.4, -0.2) is 56.5 Å². The van der Waals surface area contributed by atoms with Crippen LogP contribution in [0.25, 0.3) is 0 Å². The van der Waals surface area contributed by atoms with Crippen LogP contribution in [0.2, 0.25) is 0 Å². The van der Waals surface area contributed by atoms with Crippen LogP contribution in [-0.2, 0) is 19.6 Å². The van der Waals surface area contributed by atoms with Crippen molar-refractivity contribution in [2.45, 2.75) is 48.2 Å². The highest BCUT2D eigenvalue weighted by Gasteiger charge is 2.32. The summed E-state index contributed by atoms with van der Waals surface area (Å²) in [5.41, 5.74) is 1.04. The van der Waals surface area contributed by atoms with Crippen LogP contribution < -0.4 is 15.0 Å². The van der Waals surface area contributed by atoms with Crippen LogP contribution in [0.15, 0.2) is 52.3 Å². The smallest absolute Gasteiger partial charge is 0.244 e. The van der Waals surface area contributed by atoms with E-state index in [9.17, 15) is 18.0 Å². The number of hydrogen-bond donors (Lipinski definition) is 1. The molecule has 0 radical (unpaired) electrons. The predicted molar refractivity (Wildman–Crippen MR) is 138 cm³/mol. The number of nitrogens with zero attached hydrogens (tertiary/aromatic N) is 2. The van der Waals surface area contributed by atoms with Crippen LogP contribution in [0.1, 0.15) is 33.1 Å². The van der Waals surface area contributed by atoms with Gasteiger partial charge in [-0.2, -0.15) is 4.31 Å². The van der Waals surface area contributed by atoms with Gasteiger partial charge in [0.15, 0.2) is 0 Å². The number of fused-ring (bicyclic) bond motifs is 1. The Balaban J connectivity index is 1.61. The first kappa shape index (κ1) is 25.5. The lowest BCUT2D eigenvalue weighted by Gasteiger charge is -2.30. The lowest BCUT2D eigenvalue weighted by Crippen LogP contribution is -2.39. The molecule has 0 saturated carbocycles. The van der Waals surface area contributed by atoms with E-state index in [1.54, 1.807) is 49.6 Å². The Labute approximate surface area is 211 Å². The second-order valence-electron chi connectivity index (χ2n) is 9.11. The molecule has 10 heteroatoms. The van der Waals surface area contributed by atoms with E-state index in [0.29, 0.717) is 36.1 Å². The Hall–Kier alpha value is -2.56. The molecule has 2 aliphatic heterocycles. The number of carbonyl (C=O) groups excluding carboxylic acids is 2. The molecule has 35 heavy (non-hydrogen) atoms. The monoisotopic (exact) mass is 517 g/mol. The van der Waals surface area contributed by atoms with E-state index < -0.39 is 10.0 Å². The first-order valence-electron chi connectivity index (χ1n) is 11.7. The Kier molecular flexibility index (Phi) is 7.73. The normalized spacial score (nSPS) is 19.7. The number of nitrogens with one attached hydrogen (secondary N) is 1. The summed E-state index contributed by atoms with van der Waals surface area (Å²) < 4.78 is 33.4. The fourth-order valence-corrected chi connectivity index (χ4v) is 6.87. The molecule has 2 aliphatic rings. The third-order valence-electron chi connectivity index (χ3n) is 6.37. The topological polar surface area (TPSA) is 96.0 Å². The van der Waals surface area contributed by atoms with Crippen LogP contribution in [0, 0.1) is 5.92 Å². The largest absolute Gasteiger partial charge is 0.497 e. The van der Waals surface area contributed by atoms with Gasteiger partial charge in [-0.15, -0.1) is 11.8 Å². The van der Waals surface area contributed by atoms with Crippen LogP contribution >= 0.6 is 11.8 Å². The second kappa shape index (κ2) is 10.6. The molecule has 2 heterocycles. The molecule has 1 saturated heterocycles. The highest BCUT2D eigenvalue weighted by atomic mass is 32.2. The Morgan fingerprint density at radius 1 is 1.11 bits per heavy atom. The Morgan fingerprint density at radius 3 is 2.46 bits per heavy atom. The summed E-state index contributed by atoms with van der Waals surface area (Å²) >= 11 is 1.51. The summed E-state index contributed by atoms with van der Waals surface area (Å²) in [6.07, 6.45) is 1.91. The fourth-order valence-electron chi connectivity index (χ4n) is 4.28. The fraction of sp³-hybridized carbons (Fsp3) is 0.440. The van der Waals surface area contributed by atoms with Gasteiger partial charge in [0.25, 0.3) is 0 Å². The number of sulfonamides is 1. The highest BCUT2D eigenvalue weighted by Crippen LogP contribution is 2.40. The van der Waals surface area contributed by atoms with E-state index >= 15 is 0 Å². The minimum atomic E-state index is -3.70. The molecule has 4 rings (SSSR count). The Bertz CT molecular complexity index is 1190. The van der Waals surface area contributed by atoms with Gasteiger partial charge in [-0.05, 0) is 61.2 Å². The van der Waals surface area contributed by atoms with Gasteiger partial charge >= 0.3 is 0 Å². The van der Waals surface area contributed by atoms with Gasteiger partial charge in [-0.3, -0.25) is 9.59 Å². The maximum atomic E-state index is 13.4. The second-order valence-corrected chi connectivity index (χ2v) is 12.5. The summed E-state index contributed by atoms with van der Waals surface area (Å²) in [6.45, 7) is 4.84. The number of methoxy groups -OCH3 is 1. The van der Waals surface area contributed by atoms with Crippen molar-refractivity contribution in [3.05, 3.63) is 42.5 Å². The maximum Gasteiger partial charge on any atom is 0.244 e. The van der Waals surface area contributed by atoms with E-state index in [1.165, 1.54) is 21.0 Å². The maximum absolute atomic E-state index is 13.4. The van der Waals surface area contributed by atoms with Gasteiger partial charge in [-0.1, -0.05) is 13.8 Å². The van der Waals surface area contributed by atoms with Crippen molar-refractivity contribution in [1.82, 2.24) is 4.31 Å². The van der Waals surface area contributed by atoms with Crippen LogP contribution in [0.5, 0.6) is 5.75 Å². The van der Waals surface area contributed by atoms with E-state index in [4.69, 9.17) is 4.74 Å². The van der Waals surface area contributed by atoms with Gasteiger partial charge in [0.05, 0.1) is 17.7 Å². The number of piperidine rings is 1. The SMILES string of the molecule is COc1ccc(NC(=O)CN2C(=O)C[C@H](C)Sc3ccc(S(=O)(=O)N4CCC(C)CC4)cc32)cc1. The minimum absolute atomic E-state index is 0.00180. The van der Waals surface area contributed by atoms with E-state index in [0.717, 1.165) is 17.7 Å². The van der Waals surface area contributed by atoms with Crippen LogP contribution in [0.4, 0.5) is 11.4 Å².